The van der Waals surface area contributed by atoms with Crippen LogP contribution in [0.1, 0.15) is 18.4 Å². The van der Waals surface area contributed by atoms with Crippen LogP contribution in [0.15, 0.2) is 47.1 Å². The van der Waals surface area contributed by atoms with E-state index >= 15 is 0 Å². The molecule has 0 radical (unpaired) electrons. The first-order chi connectivity index (χ1) is 11.8. The summed E-state index contributed by atoms with van der Waals surface area (Å²) in [6, 6.07) is 12.9. The molecule has 1 aromatic heterocycles. The molecule has 1 aliphatic rings. The molecule has 0 amide bonds. The molecule has 2 aromatic carbocycles. The quantitative estimate of drug-likeness (QED) is 0.796. The summed E-state index contributed by atoms with van der Waals surface area (Å²) in [7, 11) is 0. The summed E-state index contributed by atoms with van der Waals surface area (Å²) in [6.07, 6.45) is 2.25. The number of nitrogens with one attached hydrogen (secondary N) is 1. The topological polar surface area (TPSA) is 54.2 Å². The fourth-order valence-electron chi connectivity index (χ4n) is 3.33. The molecular weight excluding hydrogens is 307 g/mol. The van der Waals surface area contributed by atoms with E-state index in [9.17, 15) is 4.39 Å². The van der Waals surface area contributed by atoms with Crippen molar-refractivity contribution in [1.82, 2.24) is 15.2 Å². The van der Waals surface area contributed by atoms with Crippen LogP contribution < -0.4 is 5.32 Å². The van der Waals surface area contributed by atoms with Gasteiger partial charge in [0.05, 0.1) is 0 Å². The minimum atomic E-state index is -0.208. The molecule has 0 aliphatic carbocycles. The van der Waals surface area contributed by atoms with Crippen LogP contribution in [0.2, 0.25) is 0 Å². The Bertz CT molecular complexity index is 817. The van der Waals surface area contributed by atoms with Crippen molar-refractivity contribution in [3.05, 3.63) is 53.8 Å². The minimum Gasteiger partial charge on any atom is -0.381 e. The van der Waals surface area contributed by atoms with E-state index in [-0.39, 0.29) is 5.82 Å². The lowest BCUT2D eigenvalue weighted by Gasteiger charge is -2.33. The van der Waals surface area contributed by atoms with E-state index in [0.29, 0.717) is 6.04 Å². The van der Waals surface area contributed by atoms with Crippen LogP contribution >= 0.6 is 0 Å². The molecule has 6 heteroatoms. The van der Waals surface area contributed by atoms with Crippen molar-refractivity contribution in [2.75, 3.05) is 18.4 Å². The van der Waals surface area contributed by atoms with Gasteiger partial charge in [0.25, 0.3) is 0 Å². The lowest BCUT2D eigenvalue weighted by atomic mass is 10.0. The molecule has 3 aromatic rings. The van der Waals surface area contributed by atoms with Gasteiger partial charge in [-0.1, -0.05) is 12.1 Å². The van der Waals surface area contributed by atoms with Crippen LogP contribution in [0.5, 0.6) is 0 Å². The summed E-state index contributed by atoms with van der Waals surface area (Å²) in [6.45, 7) is 2.83. The summed E-state index contributed by atoms with van der Waals surface area (Å²) in [5.74, 6) is -0.208. The number of aromatic nitrogens is 2. The summed E-state index contributed by atoms with van der Waals surface area (Å²) >= 11 is 0. The Morgan fingerprint density at radius 2 is 2.04 bits per heavy atom. The molecule has 24 heavy (non-hydrogen) atoms. The fraction of sp³-hybridized carbons (Fsp3) is 0.333. The number of rotatable bonds is 4. The van der Waals surface area contributed by atoms with Crippen LogP contribution in [0.25, 0.3) is 11.0 Å². The zero-order chi connectivity index (χ0) is 16.4. The first-order valence-corrected chi connectivity index (χ1v) is 8.22. The molecular formula is C18H19FN4O. The van der Waals surface area contributed by atoms with E-state index in [1.165, 1.54) is 12.1 Å². The number of hydrogen-bond donors (Lipinski definition) is 1. The van der Waals surface area contributed by atoms with E-state index in [0.717, 1.165) is 54.8 Å². The summed E-state index contributed by atoms with van der Waals surface area (Å²) in [5.41, 5.74) is 3.74. The van der Waals surface area contributed by atoms with Gasteiger partial charge in [-0.15, -0.1) is 0 Å². The fourth-order valence-corrected chi connectivity index (χ4v) is 3.33. The predicted molar refractivity (Wildman–Crippen MR) is 90.1 cm³/mol. The van der Waals surface area contributed by atoms with Crippen molar-refractivity contribution in [1.29, 1.82) is 0 Å². The van der Waals surface area contributed by atoms with Crippen LogP contribution in [0.4, 0.5) is 10.1 Å². The maximum atomic E-state index is 13.0. The Labute approximate surface area is 139 Å². The van der Waals surface area contributed by atoms with Crippen LogP contribution in [0.3, 0.4) is 0 Å². The number of fused-ring (bicyclic) bond motifs is 1. The predicted octanol–water partition coefficient (Wildman–Crippen LogP) is 3.44. The zero-order valence-electron chi connectivity index (χ0n) is 13.3. The van der Waals surface area contributed by atoms with Gasteiger partial charge in [0.1, 0.15) is 16.9 Å². The third-order valence-electron chi connectivity index (χ3n) is 4.48. The highest BCUT2D eigenvalue weighted by molar-refractivity contribution is 5.76. The van der Waals surface area contributed by atoms with Gasteiger partial charge in [-0.2, -0.15) is 0 Å². The van der Waals surface area contributed by atoms with Gasteiger partial charge in [-0.05, 0) is 65.6 Å². The normalized spacial score (nSPS) is 18.8. The second-order valence-corrected chi connectivity index (χ2v) is 6.27. The third-order valence-corrected chi connectivity index (χ3v) is 4.48. The number of halogens is 1. The Hall–Kier alpha value is -2.47. The maximum Gasteiger partial charge on any atom is 0.139 e. The molecule has 1 N–H and O–H groups in total. The average molecular weight is 326 g/mol. The Balaban J connectivity index is 1.43. The van der Waals surface area contributed by atoms with Crippen LogP contribution in [-0.2, 0) is 6.54 Å². The average Bonchev–Trinajstić information content (AvgIpc) is 3.07. The highest BCUT2D eigenvalue weighted by atomic mass is 19.1. The Morgan fingerprint density at radius 3 is 2.92 bits per heavy atom. The van der Waals surface area contributed by atoms with E-state index < -0.39 is 0 Å². The Morgan fingerprint density at radius 1 is 1.17 bits per heavy atom. The summed E-state index contributed by atoms with van der Waals surface area (Å²) < 4.78 is 17.9. The number of piperidine rings is 1. The van der Waals surface area contributed by atoms with Gasteiger partial charge >= 0.3 is 0 Å². The molecule has 0 spiro atoms. The molecule has 1 aliphatic heterocycles. The Kier molecular flexibility index (Phi) is 4.13. The second-order valence-electron chi connectivity index (χ2n) is 6.27. The molecule has 1 saturated heterocycles. The molecule has 0 bridgehead atoms. The molecule has 1 fully saturated rings. The van der Waals surface area contributed by atoms with Crippen molar-refractivity contribution in [2.45, 2.75) is 25.4 Å². The third kappa shape index (κ3) is 3.23. The number of anilines is 1. The van der Waals surface area contributed by atoms with E-state index in [2.05, 4.69) is 26.6 Å². The van der Waals surface area contributed by atoms with Crippen molar-refractivity contribution in [2.24, 2.45) is 0 Å². The lowest BCUT2D eigenvalue weighted by Crippen LogP contribution is -2.41. The number of benzene rings is 2. The molecule has 124 valence electrons. The van der Waals surface area contributed by atoms with Gasteiger partial charge in [0, 0.05) is 24.8 Å². The monoisotopic (exact) mass is 326 g/mol. The minimum absolute atomic E-state index is 0.208. The second kappa shape index (κ2) is 6.57. The number of likely N-dealkylation sites (tertiary alicyclic amines) is 1. The maximum absolute atomic E-state index is 13.0. The first-order valence-electron chi connectivity index (χ1n) is 8.22. The molecule has 0 unspecified atom stereocenters. The van der Waals surface area contributed by atoms with Gasteiger partial charge < -0.3 is 5.32 Å². The van der Waals surface area contributed by atoms with Crippen molar-refractivity contribution in [3.8, 4) is 0 Å². The molecule has 2 heterocycles. The molecule has 0 saturated carbocycles. The smallest absolute Gasteiger partial charge is 0.139 e. The largest absolute Gasteiger partial charge is 0.381 e. The number of hydrogen-bond acceptors (Lipinski definition) is 5. The van der Waals surface area contributed by atoms with E-state index in [4.69, 9.17) is 4.63 Å². The van der Waals surface area contributed by atoms with Crippen LogP contribution in [0, 0.1) is 5.82 Å². The highest BCUT2D eigenvalue weighted by Crippen LogP contribution is 2.21. The van der Waals surface area contributed by atoms with Crippen LogP contribution in [-0.4, -0.2) is 34.3 Å². The molecule has 4 rings (SSSR count). The molecule has 1 atom stereocenters. The van der Waals surface area contributed by atoms with Gasteiger partial charge in [0.2, 0.25) is 0 Å². The van der Waals surface area contributed by atoms with Gasteiger partial charge in [-0.25, -0.2) is 9.02 Å². The first kappa shape index (κ1) is 15.1. The van der Waals surface area contributed by atoms with E-state index in [1.807, 2.05) is 12.1 Å². The lowest BCUT2D eigenvalue weighted by molar-refractivity contribution is 0.209. The van der Waals surface area contributed by atoms with Crippen molar-refractivity contribution < 1.29 is 9.02 Å². The highest BCUT2D eigenvalue weighted by Gasteiger charge is 2.21. The van der Waals surface area contributed by atoms with Gasteiger partial charge in [0.15, 0.2) is 0 Å². The van der Waals surface area contributed by atoms with E-state index in [1.54, 1.807) is 12.1 Å². The molecule has 5 nitrogen and oxygen atoms in total. The SMILES string of the molecule is Fc1ccc(N[C@@H]2CCCN(Cc3cccc4nonc34)C2)cc1. The van der Waals surface area contributed by atoms with Crippen molar-refractivity contribution in [3.63, 3.8) is 0 Å². The standard InChI is InChI=1S/C18H19FN4O/c19-14-6-8-15(9-7-14)20-16-4-2-10-23(12-16)11-13-3-1-5-17-18(13)22-24-21-17/h1,3,5-9,16,20H,2,4,10-12H2/t16-/m1/s1. The summed E-state index contributed by atoms with van der Waals surface area (Å²) in [4.78, 5) is 2.41. The van der Waals surface area contributed by atoms with Crippen molar-refractivity contribution >= 4 is 16.7 Å². The zero-order valence-corrected chi connectivity index (χ0v) is 13.3. The summed E-state index contributed by atoms with van der Waals surface area (Å²) in [5, 5.41) is 11.4. The number of nitrogens with zero attached hydrogens (tertiary/aromatic N) is 3. The van der Waals surface area contributed by atoms with Gasteiger partial charge in [-0.3, -0.25) is 4.90 Å².